The van der Waals surface area contributed by atoms with Crippen molar-refractivity contribution >= 4 is 28.5 Å². The maximum Gasteiger partial charge on any atom is 0.250 e. The van der Waals surface area contributed by atoms with Gasteiger partial charge in [-0.3, -0.25) is 4.79 Å². The molecule has 1 atom stereocenters. The first kappa shape index (κ1) is 17.1. The second-order valence-corrected chi connectivity index (χ2v) is 7.29. The molecule has 0 spiro atoms. The SMILES string of the molecule is NC(=O)c1cccc2nc(C3CCN(CCc4ccc(Cl)cc4)C3)[nH]c12. The van der Waals surface area contributed by atoms with Crippen LogP contribution in [0.25, 0.3) is 11.0 Å². The Morgan fingerprint density at radius 3 is 2.85 bits per heavy atom. The molecule has 0 saturated carbocycles. The number of imidazole rings is 1. The molecule has 6 heteroatoms. The predicted octanol–water partition coefficient (Wildman–Crippen LogP) is 3.35. The molecule has 3 aromatic rings. The Morgan fingerprint density at radius 2 is 2.08 bits per heavy atom. The van der Waals surface area contributed by atoms with Crippen LogP contribution in [0.15, 0.2) is 42.5 Å². The Bertz CT molecular complexity index is 935. The standard InChI is InChI=1S/C20H21ClN4O/c21-15-6-4-13(5-7-15)8-10-25-11-9-14(12-25)20-23-17-3-1-2-16(19(22)26)18(17)24-20/h1-7,14H,8-12H2,(H2,22,26)(H,23,24). The normalized spacial score (nSPS) is 17.8. The van der Waals surface area contributed by atoms with Gasteiger partial charge in [0.15, 0.2) is 0 Å². The summed E-state index contributed by atoms with van der Waals surface area (Å²) < 4.78 is 0. The Labute approximate surface area is 157 Å². The highest BCUT2D eigenvalue weighted by atomic mass is 35.5. The first-order chi connectivity index (χ1) is 12.6. The van der Waals surface area contributed by atoms with Crippen molar-refractivity contribution in [1.82, 2.24) is 14.9 Å². The molecule has 2 aromatic carbocycles. The summed E-state index contributed by atoms with van der Waals surface area (Å²) in [6.07, 6.45) is 2.07. The van der Waals surface area contributed by atoms with Crippen molar-refractivity contribution in [2.45, 2.75) is 18.8 Å². The highest BCUT2D eigenvalue weighted by molar-refractivity contribution is 6.30. The number of carbonyl (C=O) groups excluding carboxylic acids is 1. The highest BCUT2D eigenvalue weighted by Gasteiger charge is 2.26. The summed E-state index contributed by atoms with van der Waals surface area (Å²) in [6.45, 7) is 3.04. The van der Waals surface area contributed by atoms with Gasteiger partial charge < -0.3 is 15.6 Å². The van der Waals surface area contributed by atoms with Gasteiger partial charge in [-0.1, -0.05) is 29.8 Å². The number of halogens is 1. The minimum absolute atomic E-state index is 0.355. The van der Waals surface area contributed by atoms with Gasteiger partial charge in [0.05, 0.1) is 16.6 Å². The number of fused-ring (bicyclic) bond motifs is 1. The molecule has 5 nitrogen and oxygen atoms in total. The van der Waals surface area contributed by atoms with Crippen LogP contribution in [0, 0.1) is 0 Å². The van der Waals surface area contributed by atoms with Gasteiger partial charge in [0.2, 0.25) is 0 Å². The van der Waals surface area contributed by atoms with Crippen LogP contribution in [0.1, 0.15) is 34.1 Å². The first-order valence-electron chi connectivity index (χ1n) is 8.85. The van der Waals surface area contributed by atoms with Crippen LogP contribution in [0.5, 0.6) is 0 Å². The van der Waals surface area contributed by atoms with Crippen LogP contribution in [-0.4, -0.2) is 40.4 Å². The Balaban J connectivity index is 1.43. The number of nitrogens with two attached hydrogens (primary N) is 1. The van der Waals surface area contributed by atoms with E-state index in [2.05, 4.69) is 22.0 Å². The summed E-state index contributed by atoms with van der Waals surface area (Å²) in [5, 5.41) is 0.773. The van der Waals surface area contributed by atoms with Crippen LogP contribution < -0.4 is 5.73 Å². The van der Waals surface area contributed by atoms with Crippen molar-refractivity contribution in [3.8, 4) is 0 Å². The number of amides is 1. The second kappa shape index (κ2) is 7.09. The monoisotopic (exact) mass is 368 g/mol. The van der Waals surface area contributed by atoms with E-state index >= 15 is 0 Å². The zero-order chi connectivity index (χ0) is 18.1. The van der Waals surface area contributed by atoms with E-state index in [-0.39, 0.29) is 0 Å². The number of carbonyl (C=O) groups is 1. The van der Waals surface area contributed by atoms with E-state index in [1.54, 1.807) is 6.07 Å². The van der Waals surface area contributed by atoms with Crippen LogP contribution in [0.2, 0.25) is 5.02 Å². The number of hydrogen-bond acceptors (Lipinski definition) is 3. The van der Waals surface area contributed by atoms with Crippen LogP contribution in [0.3, 0.4) is 0 Å². The quantitative estimate of drug-likeness (QED) is 0.725. The number of likely N-dealkylation sites (tertiary alicyclic amines) is 1. The third-order valence-electron chi connectivity index (χ3n) is 5.09. The number of nitrogens with zero attached hydrogens (tertiary/aromatic N) is 2. The summed E-state index contributed by atoms with van der Waals surface area (Å²) in [5.74, 6) is 0.873. The van der Waals surface area contributed by atoms with Gasteiger partial charge in [-0.15, -0.1) is 0 Å². The average Bonchev–Trinajstić information content (AvgIpc) is 3.27. The number of para-hydroxylation sites is 1. The fourth-order valence-electron chi connectivity index (χ4n) is 3.65. The molecule has 1 aromatic heterocycles. The predicted molar refractivity (Wildman–Crippen MR) is 104 cm³/mol. The fraction of sp³-hybridized carbons (Fsp3) is 0.300. The Hall–Kier alpha value is -2.37. The van der Waals surface area contributed by atoms with E-state index in [0.29, 0.717) is 11.5 Å². The molecule has 1 amide bonds. The smallest absolute Gasteiger partial charge is 0.250 e. The Kier molecular flexibility index (Phi) is 4.66. The van der Waals surface area contributed by atoms with E-state index in [1.807, 2.05) is 24.3 Å². The van der Waals surface area contributed by atoms with E-state index in [0.717, 1.165) is 54.4 Å². The van der Waals surface area contributed by atoms with Gasteiger partial charge in [0, 0.05) is 24.0 Å². The van der Waals surface area contributed by atoms with Crippen LogP contribution in [-0.2, 0) is 6.42 Å². The zero-order valence-corrected chi connectivity index (χ0v) is 15.2. The molecule has 134 valence electrons. The van der Waals surface area contributed by atoms with Crippen LogP contribution >= 0.6 is 11.6 Å². The van der Waals surface area contributed by atoms with Crippen molar-refractivity contribution in [1.29, 1.82) is 0 Å². The van der Waals surface area contributed by atoms with E-state index in [1.165, 1.54) is 5.56 Å². The molecule has 1 aliphatic heterocycles. The van der Waals surface area contributed by atoms with Crippen molar-refractivity contribution < 1.29 is 4.79 Å². The minimum atomic E-state index is -0.429. The summed E-state index contributed by atoms with van der Waals surface area (Å²) >= 11 is 5.94. The first-order valence-corrected chi connectivity index (χ1v) is 9.23. The van der Waals surface area contributed by atoms with E-state index in [9.17, 15) is 4.79 Å². The molecule has 0 aliphatic carbocycles. The summed E-state index contributed by atoms with van der Waals surface area (Å²) in [6, 6.07) is 13.5. The summed E-state index contributed by atoms with van der Waals surface area (Å²) in [5.41, 5.74) is 8.81. The van der Waals surface area contributed by atoms with Crippen molar-refractivity contribution in [2.24, 2.45) is 5.73 Å². The lowest BCUT2D eigenvalue weighted by molar-refractivity contribution is 0.100. The van der Waals surface area contributed by atoms with Crippen LogP contribution in [0.4, 0.5) is 0 Å². The van der Waals surface area contributed by atoms with Gasteiger partial charge >= 0.3 is 0 Å². The molecule has 4 rings (SSSR count). The number of aromatic amines is 1. The number of nitrogens with one attached hydrogen (secondary N) is 1. The fourth-order valence-corrected chi connectivity index (χ4v) is 3.77. The largest absolute Gasteiger partial charge is 0.366 e. The van der Waals surface area contributed by atoms with Gasteiger partial charge in [-0.2, -0.15) is 0 Å². The minimum Gasteiger partial charge on any atom is -0.366 e. The lowest BCUT2D eigenvalue weighted by Gasteiger charge is -2.15. The number of benzene rings is 2. The maximum atomic E-state index is 11.6. The third-order valence-corrected chi connectivity index (χ3v) is 5.34. The van der Waals surface area contributed by atoms with Gasteiger partial charge in [-0.25, -0.2) is 4.98 Å². The Morgan fingerprint density at radius 1 is 1.27 bits per heavy atom. The molecule has 26 heavy (non-hydrogen) atoms. The topological polar surface area (TPSA) is 75.0 Å². The molecule has 1 saturated heterocycles. The molecular weight excluding hydrogens is 348 g/mol. The molecule has 1 fully saturated rings. The van der Waals surface area contributed by atoms with Crippen molar-refractivity contribution in [3.05, 3.63) is 64.4 Å². The number of H-pyrrole nitrogens is 1. The second-order valence-electron chi connectivity index (χ2n) is 6.85. The van der Waals surface area contributed by atoms with Crippen molar-refractivity contribution in [3.63, 3.8) is 0 Å². The lowest BCUT2D eigenvalue weighted by Crippen LogP contribution is -2.23. The molecule has 0 radical (unpaired) electrons. The highest BCUT2D eigenvalue weighted by Crippen LogP contribution is 2.28. The molecular formula is C20H21ClN4O. The lowest BCUT2D eigenvalue weighted by atomic mass is 10.1. The van der Waals surface area contributed by atoms with E-state index in [4.69, 9.17) is 22.3 Å². The number of rotatable bonds is 5. The molecule has 0 bridgehead atoms. The molecule has 1 aliphatic rings. The third kappa shape index (κ3) is 3.45. The van der Waals surface area contributed by atoms with Gasteiger partial charge in [0.1, 0.15) is 5.82 Å². The molecule has 2 heterocycles. The van der Waals surface area contributed by atoms with E-state index < -0.39 is 5.91 Å². The molecule has 3 N–H and O–H groups in total. The zero-order valence-electron chi connectivity index (χ0n) is 14.4. The number of hydrogen-bond donors (Lipinski definition) is 2. The summed E-state index contributed by atoms with van der Waals surface area (Å²) in [7, 11) is 0. The number of aromatic nitrogens is 2. The van der Waals surface area contributed by atoms with Crippen molar-refractivity contribution in [2.75, 3.05) is 19.6 Å². The summed E-state index contributed by atoms with van der Waals surface area (Å²) in [4.78, 5) is 22.1. The number of primary amides is 1. The van der Waals surface area contributed by atoms with Gasteiger partial charge in [-0.05, 0) is 49.2 Å². The molecule has 1 unspecified atom stereocenters. The van der Waals surface area contributed by atoms with Gasteiger partial charge in [0.25, 0.3) is 5.91 Å². The average molecular weight is 369 g/mol. The maximum absolute atomic E-state index is 11.6.